The van der Waals surface area contributed by atoms with Gasteiger partial charge in [-0.2, -0.15) is 0 Å². The zero-order valence-corrected chi connectivity index (χ0v) is 29.4. The van der Waals surface area contributed by atoms with Crippen LogP contribution in [0.1, 0.15) is 62.6 Å². The van der Waals surface area contributed by atoms with Crippen molar-refractivity contribution in [1.29, 1.82) is 0 Å². The SMILES string of the molecule is C/C(=C\c1ccc(N2CCCC2)cc1)C1=CC=[N+](CCSSCC[n+]2ccc(/C(C)=C/c3ccc(N4CCCC4)cc3)cc2)CC1. The normalized spacial score (nSPS) is 17.4. The van der Waals surface area contributed by atoms with Gasteiger partial charge in [-0.05, 0) is 97.2 Å². The second-order valence-electron chi connectivity index (χ2n) is 12.8. The first-order valence-corrected chi connectivity index (χ1v) is 19.7. The van der Waals surface area contributed by atoms with Crippen LogP contribution in [-0.4, -0.2) is 61.6 Å². The summed E-state index contributed by atoms with van der Waals surface area (Å²) >= 11 is 0. The minimum absolute atomic E-state index is 1.03. The van der Waals surface area contributed by atoms with E-state index in [1.165, 1.54) is 96.6 Å². The smallest absolute Gasteiger partial charge is 0.169 e. The molecule has 0 N–H and O–H groups in total. The van der Waals surface area contributed by atoms with Gasteiger partial charge < -0.3 is 9.80 Å². The van der Waals surface area contributed by atoms with E-state index in [1.807, 2.05) is 21.6 Å². The number of hydrogen-bond acceptors (Lipinski definition) is 4. The summed E-state index contributed by atoms with van der Waals surface area (Å²) in [7, 11) is 3.98. The molecule has 6 heteroatoms. The Labute approximate surface area is 285 Å². The molecule has 3 aromatic rings. The molecular formula is C40H50N4S2+2. The van der Waals surface area contributed by atoms with Crippen LogP contribution in [0, 0.1) is 0 Å². The van der Waals surface area contributed by atoms with Crippen molar-refractivity contribution in [3.63, 3.8) is 0 Å². The lowest BCUT2D eigenvalue weighted by molar-refractivity contribution is -0.692. The molecule has 0 bridgehead atoms. The van der Waals surface area contributed by atoms with Crippen LogP contribution in [0.5, 0.6) is 0 Å². The molecule has 0 radical (unpaired) electrons. The third-order valence-corrected chi connectivity index (χ3v) is 11.8. The Balaban J connectivity index is 0.886. The predicted molar refractivity (Wildman–Crippen MR) is 203 cm³/mol. The maximum Gasteiger partial charge on any atom is 0.169 e. The maximum absolute atomic E-state index is 2.50. The Hall–Kier alpha value is -3.22. The van der Waals surface area contributed by atoms with Crippen molar-refractivity contribution in [1.82, 2.24) is 0 Å². The molecule has 0 amide bonds. The molecule has 46 heavy (non-hydrogen) atoms. The molecule has 2 saturated heterocycles. The van der Waals surface area contributed by atoms with Gasteiger partial charge >= 0.3 is 0 Å². The van der Waals surface area contributed by atoms with Crippen molar-refractivity contribution in [3.05, 3.63) is 107 Å². The highest BCUT2D eigenvalue weighted by Gasteiger charge is 2.15. The van der Waals surface area contributed by atoms with E-state index in [0.717, 1.165) is 37.6 Å². The molecule has 0 atom stereocenters. The topological polar surface area (TPSA) is 13.4 Å². The Morgan fingerprint density at radius 1 is 0.674 bits per heavy atom. The van der Waals surface area contributed by atoms with E-state index in [2.05, 4.69) is 130 Å². The predicted octanol–water partition coefficient (Wildman–Crippen LogP) is 8.63. The number of rotatable bonds is 13. The van der Waals surface area contributed by atoms with Gasteiger partial charge in [0, 0.05) is 62.2 Å². The van der Waals surface area contributed by atoms with Crippen LogP contribution < -0.4 is 14.4 Å². The highest BCUT2D eigenvalue weighted by molar-refractivity contribution is 8.76. The third-order valence-electron chi connectivity index (χ3n) is 9.48. The van der Waals surface area contributed by atoms with Crippen molar-refractivity contribution < 1.29 is 9.14 Å². The number of aromatic nitrogens is 1. The van der Waals surface area contributed by atoms with Crippen molar-refractivity contribution in [2.45, 2.75) is 52.5 Å². The van der Waals surface area contributed by atoms with E-state index in [9.17, 15) is 0 Å². The standard InChI is InChI=1S/C40H50N4S2/c1-33(31-35-7-11-39(12-8-35)43-19-3-4-20-43)37-15-23-41(24-16-37)27-29-45-46-30-28-42-25-17-38(18-26-42)34(2)32-36-9-13-40(14-10-36)44-21-5-6-22-44/h7-17,23-25,31-32H,3-6,18-22,26-30H2,1-2H3/q+2. The second kappa shape index (κ2) is 16.6. The van der Waals surface area contributed by atoms with E-state index >= 15 is 0 Å². The summed E-state index contributed by atoms with van der Waals surface area (Å²) in [6.45, 7) is 12.5. The fraction of sp³-hybridized carbons (Fsp3) is 0.400. The molecule has 3 aliphatic heterocycles. The van der Waals surface area contributed by atoms with Crippen LogP contribution in [0.15, 0.2) is 90.3 Å². The lowest BCUT2D eigenvalue weighted by atomic mass is 9.99. The van der Waals surface area contributed by atoms with Gasteiger partial charge in [-0.15, -0.1) is 0 Å². The van der Waals surface area contributed by atoms with E-state index in [-0.39, 0.29) is 0 Å². The number of allylic oxidation sites excluding steroid dienone is 3. The van der Waals surface area contributed by atoms with E-state index in [1.54, 1.807) is 0 Å². The average Bonchev–Trinajstić information content (AvgIpc) is 3.84. The van der Waals surface area contributed by atoms with Crippen LogP contribution in [-0.2, 0) is 6.54 Å². The number of nitrogens with zero attached hydrogens (tertiary/aromatic N) is 4. The van der Waals surface area contributed by atoms with Gasteiger partial charge in [-0.3, -0.25) is 0 Å². The zero-order valence-electron chi connectivity index (χ0n) is 27.7. The average molecular weight is 651 g/mol. The number of aryl methyl sites for hydroxylation is 1. The quantitative estimate of drug-likeness (QED) is 0.104. The summed E-state index contributed by atoms with van der Waals surface area (Å²) < 4.78 is 4.78. The Bertz CT molecular complexity index is 1540. The van der Waals surface area contributed by atoms with Crippen molar-refractivity contribution >= 4 is 56.9 Å². The van der Waals surface area contributed by atoms with Gasteiger partial charge in [0.15, 0.2) is 31.7 Å². The van der Waals surface area contributed by atoms with Gasteiger partial charge in [0.1, 0.15) is 6.54 Å². The minimum atomic E-state index is 1.03. The highest BCUT2D eigenvalue weighted by Crippen LogP contribution is 2.25. The zero-order chi connectivity index (χ0) is 31.6. The molecule has 4 nitrogen and oxygen atoms in total. The number of anilines is 2. The largest absolute Gasteiger partial charge is 0.372 e. The number of benzene rings is 2. The summed E-state index contributed by atoms with van der Waals surface area (Å²) in [4.78, 5) is 4.99. The minimum Gasteiger partial charge on any atom is -0.372 e. The molecule has 0 aliphatic carbocycles. The number of hydrogen-bond donors (Lipinski definition) is 0. The Morgan fingerprint density at radius 3 is 1.72 bits per heavy atom. The van der Waals surface area contributed by atoms with Crippen LogP contribution in [0.2, 0.25) is 0 Å². The molecule has 0 saturated carbocycles. The first-order chi connectivity index (χ1) is 22.6. The van der Waals surface area contributed by atoms with Crippen molar-refractivity contribution in [2.24, 2.45) is 0 Å². The maximum atomic E-state index is 2.50. The second-order valence-corrected chi connectivity index (χ2v) is 15.5. The third kappa shape index (κ3) is 9.19. The summed E-state index contributed by atoms with van der Waals surface area (Å²) in [6, 6.07) is 22.7. The van der Waals surface area contributed by atoms with Crippen molar-refractivity contribution in [2.75, 3.05) is 60.6 Å². The van der Waals surface area contributed by atoms with Gasteiger partial charge in [0.2, 0.25) is 0 Å². The molecule has 0 spiro atoms. The van der Waals surface area contributed by atoms with Gasteiger partial charge in [0.05, 0.1) is 11.5 Å². The summed E-state index contributed by atoms with van der Waals surface area (Å²) in [5.41, 5.74) is 10.7. The summed E-state index contributed by atoms with van der Waals surface area (Å²) in [6.07, 6.45) is 20.1. The van der Waals surface area contributed by atoms with Crippen LogP contribution in [0.25, 0.3) is 17.7 Å². The first kappa shape index (κ1) is 32.7. The molecule has 2 fully saturated rings. The molecule has 1 aromatic heterocycles. The molecule has 2 aromatic carbocycles. The summed E-state index contributed by atoms with van der Waals surface area (Å²) in [5.74, 6) is 2.26. The summed E-state index contributed by atoms with van der Waals surface area (Å²) in [5, 5.41) is 0. The molecule has 0 unspecified atom stereocenters. The molecule has 4 heterocycles. The Kier molecular flexibility index (Phi) is 11.8. The lowest BCUT2D eigenvalue weighted by Crippen LogP contribution is -2.33. The highest BCUT2D eigenvalue weighted by atomic mass is 33.1. The molecule has 6 rings (SSSR count). The molecular weight excluding hydrogens is 601 g/mol. The Morgan fingerprint density at radius 2 is 1.20 bits per heavy atom. The van der Waals surface area contributed by atoms with Crippen LogP contribution in [0.4, 0.5) is 11.4 Å². The fourth-order valence-electron chi connectivity index (χ4n) is 6.61. The van der Waals surface area contributed by atoms with Crippen molar-refractivity contribution in [3.8, 4) is 0 Å². The van der Waals surface area contributed by atoms with Gasteiger partial charge in [-0.1, -0.05) is 58.0 Å². The number of pyridine rings is 1. The van der Waals surface area contributed by atoms with E-state index < -0.39 is 0 Å². The monoisotopic (exact) mass is 650 g/mol. The first-order valence-electron chi connectivity index (χ1n) is 17.2. The van der Waals surface area contributed by atoms with E-state index in [0.29, 0.717) is 0 Å². The van der Waals surface area contributed by atoms with Gasteiger partial charge in [-0.25, -0.2) is 9.14 Å². The van der Waals surface area contributed by atoms with Crippen LogP contribution >= 0.6 is 21.6 Å². The lowest BCUT2D eigenvalue weighted by Gasteiger charge is -2.17. The fourth-order valence-corrected chi connectivity index (χ4v) is 8.59. The molecule has 240 valence electrons. The van der Waals surface area contributed by atoms with Gasteiger partial charge in [0.25, 0.3) is 0 Å². The molecule has 3 aliphatic rings. The van der Waals surface area contributed by atoms with E-state index in [4.69, 9.17) is 0 Å². The van der Waals surface area contributed by atoms with Crippen LogP contribution in [0.3, 0.4) is 0 Å².